The van der Waals surface area contributed by atoms with E-state index in [0.29, 0.717) is 20.7 Å². The van der Waals surface area contributed by atoms with Crippen LogP contribution in [0.1, 0.15) is 0 Å². The quantitative estimate of drug-likeness (QED) is 0.776. The van der Waals surface area contributed by atoms with Gasteiger partial charge in [0.15, 0.2) is 0 Å². The molecular weight excluding hydrogens is 355 g/mol. The van der Waals surface area contributed by atoms with Gasteiger partial charge in [0.1, 0.15) is 0 Å². The third-order valence-corrected chi connectivity index (χ3v) is 4.48. The van der Waals surface area contributed by atoms with E-state index in [-0.39, 0.29) is 5.95 Å². The Labute approximate surface area is 134 Å². The minimum Gasteiger partial charge on any atom is -0.250 e. The lowest BCUT2D eigenvalue weighted by Crippen LogP contribution is -2.10. The number of aromatic nitrogens is 3. The molecule has 0 spiro atoms. The first-order chi connectivity index (χ1) is 9.83. The number of anilines is 1. The predicted molar refractivity (Wildman–Crippen MR) is 84.8 cm³/mol. The Kier molecular flexibility index (Phi) is 3.56. The number of nitrogens with zero attached hydrogens (tertiary/aromatic N) is 3. The fraction of sp³-hybridized carbons (Fsp3) is 0.0909. The van der Waals surface area contributed by atoms with Crippen LogP contribution >= 0.6 is 34.5 Å². The number of hydrogen-bond donors (Lipinski definition) is 1. The Morgan fingerprint density at radius 1 is 1.33 bits per heavy atom. The van der Waals surface area contributed by atoms with Crippen molar-refractivity contribution in [2.45, 2.75) is 0 Å². The minimum absolute atomic E-state index is 0.0238. The van der Waals surface area contributed by atoms with E-state index in [2.05, 4.69) is 14.8 Å². The zero-order valence-electron chi connectivity index (χ0n) is 10.5. The molecule has 0 bridgehead atoms. The molecule has 1 aromatic carbocycles. The lowest BCUT2D eigenvalue weighted by molar-refractivity contribution is 0.606. The van der Waals surface area contributed by atoms with Crippen LogP contribution in [-0.2, 0) is 10.0 Å². The first-order valence-corrected chi connectivity index (χ1v) is 9.14. The summed E-state index contributed by atoms with van der Waals surface area (Å²) in [6.45, 7) is 0. The van der Waals surface area contributed by atoms with Gasteiger partial charge < -0.3 is 0 Å². The summed E-state index contributed by atoms with van der Waals surface area (Å²) >= 11 is 13.4. The molecule has 3 rings (SSSR count). The second-order valence-electron chi connectivity index (χ2n) is 4.25. The molecule has 0 saturated heterocycles. The fourth-order valence-electron chi connectivity index (χ4n) is 1.77. The van der Waals surface area contributed by atoms with E-state index < -0.39 is 10.0 Å². The maximum absolute atomic E-state index is 11.2. The topological polar surface area (TPSA) is 76.4 Å². The van der Waals surface area contributed by atoms with Crippen LogP contribution < -0.4 is 4.72 Å². The molecule has 110 valence electrons. The highest BCUT2D eigenvalue weighted by Gasteiger charge is 2.15. The van der Waals surface area contributed by atoms with E-state index in [1.165, 1.54) is 15.9 Å². The van der Waals surface area contributed by atoms with Gasteiger partial charge in [-0.2, -0.15) is 4.98 Å². The van der Waals surface area contributed by atoms with E-state index >= 15 is 0 Å². The average Bonchev–Trinajstić information content (AvgIpc) is 2.87. The fourth-order valence-corrected chi connectivity index (χ4v) is 3.52. The summed E-state index contributed by atoms with van der Waals surface area (Å²) < 4.78 is 26.2. The molecule has 3 aromatic rings. The molecule has 2 heterocycles. The summed E-state index contributed by atoms with van der Waals surface area (Å²) in [6, 6.07) is 5.13. The molecule has 21 heavy (non-hydrogen) atoms. The standard InChI is InChI=1S/C11H8Cl2N4O2S2/c1-21(18,19)16-10-14-11-17(15-10)9(5-20-11)7-3-2-6(12)4-8(7)13/h2-5H,1H3,(H,15,16). The van der Waals surface area contributed by atoms with E-state index in [0.717, 1.165) is 11.8 Å². The van der Waals surface area contributed by atoms with Crippen molar-refractivity contribution in [3.63, 3.8) is 0 Å². The van der Waals surface area contributed by atoms with Crippen molar-refractivity contribution >= 4 is 55.5 Å². The monoisotopic (exact) mass is 362 g/mol. The Morgan fingerprint density at radius 2 is 2.10 bits per heavy atom. The lowest BCUT2D eigenvalue weighted by atomic mass is 10.2. The zero-order valence-corrected chi connectivity index (χ0v) is 13.7. The Hall–Kier alpha value is -1.35. The van der Waals surface area contributed by atoms with E-state index in [9.17, 15) is 8.42 Å². The molecule has 0 atom stereocenters. The molecule has 0 saturated carbocycles. The smallest absolute Gasteiger partial charge is 0.250 e. The summed E-state index contributed by atoms with van der Waals surface area (Å²) in [5.74, 6) is 0.0238. The van der Waals surface area contributed by atoms with Crippen molar-refractivity contribution in [2.75, 3.05) is 11.0 Å². The molecule has 0 unspecified atom stereocenters. The second-order valence-corrected chi connectivity index (χ2v) is 7.68. The van der Waals surface area contributed by atoms with Gasteiger partial charge in [-0.15, -0.1) is 16.4 Å². The number of sulfonamides is 1. The Balaban J connectivity index is 2.11. The molecule has 6 nitrogen and oxygen atoms in total. The van der Waals surface area contributed by atoms with Crippen molar-refractivity contribution < 1.29 is 8.42 Å². The number of thiazole rings is 1. The van der Waals surface area contributed by atoms with Gasteiger partial charge in [0, 0.05) is 16.0 Å². The number of nitrogens with one attached hydrogen (secondary N) is 1. The van der Waals surface area contributed by atoms with Crippen LogP contribution in [-0.4, -0.2) is 29.3 Å². The van der Waals surface area contributed by atoms with Gasteiger partial charge in [0.05, 0.1) is 17.0 Å². The summed E-state index contributed by atoms with van der Waals surface area (Å²) in [5.41, 5.74) is 1.45. The maximum atomic E-state index is 11.2. The van der Waals surface area contributed by atoms with Crippen LogP contribution in [0.15, 0.2) is 23.6 Å². The SMILES string of the molecule is CS(=O)(=O)Nc1nc2scc(-c3ccc(Cl)cc3Cl)n2n1. The van der Waals surface area contributed by atoms with Crippen LogP contribution in [0.3, 0.4) is 0 Å². The van der Waals surface area contributed by atoms with Gasteiger partial charge in [-0.25, -0.2) is 12.9 Å². The molecule has 0 aliphatic carbocycles. The molecular formula is C11H8Cl2N4O2S2. The van der Waals surface area contributed by atoms with Gasteiger partial charge >= 0.3 is 0 Å². The lowest BCUT2D eigenvalue weighted by Gasteiger charge is -2.02. The highest BCUT2D eigenvalue weighted by molar-refractivity contribution is 7.91. The molecule has 0 aliphatic rings. The second kappa shape index (κ2) is 5.13. The normalized spacial score (nSPS) is 12.0. The first kappa shape index (κ1) is 14.6. The molecule has 2 aromatic heterocycles. The van der Waals surface area contributed by atoms with E-state index in [4.69, 9.17) is 23.2 Å². The number of halogens is 2. The number of rotatable bonds is 3. The first-order valence-electron chi connectivity index (χ1n) is 5.61. The van der Waals surface area contributed by atoms with Crippen LogP contribution in [0.5, 0.6) is 0 Å². The van der Waals surface area contributed by atoms with Crippen LogP contribution in [0.2, 0.25) is 10.0 Å². The molecule has 10 heteroatoms. The third-order valence-electron chi connectivity index (χ3n) is 2.57. The highest BCUT2D eigenvalue weighted by Crippen LogP contribution is 2.33. The molecule has 0 amide bonds. The molecule has 0 aliphatic heterocycles. The van der Waals surface area contributed by atoms with Gasteiger partial charge in [0.25, 0.3) is 5.95 Å². The molecule has 0 fully saturated rings. The summed E-state index contributed by atoms with van der Waals surface area (Å²) in [5, 5.41) is 6.99. The summed E-state index contributed by atoms with van der Waals surface area (Å²) in [7, 11) is -3.42. The zero-order chi connectivity index (χ0) is 15.2. The number of hydrogen-bond acceptors (Lipinski definition) is 5. The third kappa shape index (κ3) is 2.98. The minimum atomic E-state index is -3.42. The Morgan fingerprint density at radius 3 is 2.76 bits per heavy atom. The van der Waals surface area contributed by atoms with Crippen LogP contribution in [0.4, 0.5) is 5.95 Å². The average molecular weight is 363 g/mol. The van der Waals surface area contributed by atoms with Crippen molar-refractivity contribution in [3.8, 4) is 11.3 Å². The maximum Gasteiger partial charge on any atom is 0.257 e. The Bertz CT molecular complexity index is 933. The predicted octanol–water partition coefficient (Wildman–Crippen LogP) is 3.14. The largest absolute Gasteiger partial charge is 0.257 e. The van der Waals surface area contributed by atoms with Crippen molar-refractivity contribution in [1.82, 2.24) is 14.6 Å². The van der Waals surface area contributed by atoms with Gasteiger partial charge in [-0.3, -0.25) is 4.72 Å². The number of benzene rings is 1. The summed E-state index contributed by atoms with van der Waals surface area (Å²) in [6.07, 6.45) is 1.04. The van der Waals surface area contributed by atoms with Crippen LogP contribution in [0.25, 0.3) is 16.2 Å². The molecule has 0 radical (unpaired) electrons. The van der Waals surface area contributed by atoms with E-state index in [1.54, 1.807) is 18.2 Å². The van der Waals surface area contributed by atoms with Gasteiger partial charge in [-0.1, -0.05) is 23.2 Å². The van der Waals surface area contributed by atoms with Gasteiger partial charge in [-0.05, 0) is 18.2 Å². The van der Waals surface area contributed by atoms with Gasteiger partial charge in [0.2, 0.25) is 15.0 Å². The molecule has 1 N–H and O–H groups in total. The van der Waals surface area contributed by atoms with E-state index in [1.807, 2.05) is 5.38 Å². The summed E-state index contributed by atoms with van der Waals surface area (Å²) in [4.78, 5) is 4.66. The van der Waals surface area contributed by atoms with Crippen molar-refractivity contribution in [3.05, 3.63) is 33.6 Å². The highest BCUT2D eigenvalue weighted by atomic mass is 35.5. The van der Waals surface area contributed by atoms with Crippen molar-refractivity contribution in [2.24, 2.45) is 0 Å². The van der Waals surface area contributed by atoms with Crippen molar-refractivity contribution in [1.29, 1.82) is 0 Å². The van der Waals surface area contributed by atoms with Crippen LogP contribution in [0, 0.1) is 0 Å². The number of fused-ring (bicyclic) bond motifs is 1.